The van der Waals surface area contributed by atoms with Crippen LogP contribution in [0.25, 0.3) is 0 Å². The van der Waals surface area contributed by atoms with E-state index < -0.39 is 0 Å². The average Bonchev–Trinajstić information content (AvgIpc) is 2.90. The Morgan fingerprint density at radius 1 is 1.30 bits per heavy atom. The predicted molar refractivity (Wildman–Crippen MR) is 74.1 cm³/mol. The first-order valence-electron chi connectivity index (χ1n) is 6.65. The molecule has 0 bridgehead atoms. The molecule has 0 unspecified atom stereocenters. The minimum atomic E-state index is 0.0708. The van der Waals surface area contributed by atoms with Gasteiger partial charge < -0.3 is 14.2 Å². The van der Waals surface area contributed by atoms with Gasteiger partial charge in [-0.3, -0.25) is 4.79 Å². The van der Waals surface area contributed by atoms with E-state index in [-0.39, 0.29) is 5.91 Å². The van der Waals surface area contributed by atoms with Crippen molar-refractivity contribution in [2.75, 3.05) is 13.7 Å². The molecule has 1 aliphatic heterocycles. The Balaban J connectivity index is 1.81. The lowest BCUT2D eigenvalue weighted by Gasteiger charge is -2.28. The largest absolute Gasteiger partial charge is 0.378 e. The van der Waals surface area contributed by atoms with Crippen molar-refractivity contribution < 1.29 is 9.53 Å². The SMILES string of the molecule is COCc1ncn2c1CN(C(=O)c1ccccc1)CC2. The van der Waals surface area contributed by atoms with E-state index in [4.69, 9.17) is 4.74 Å². The number of amides is 1. The summed E-state index contributed by atoms with van der Waals surface area (Å²) in [6, 6.07) is 9.39. The van der Waals surface area contributed by atoms with Crippen LogP contribution in [0.3, 0.4) is 0 Å². The molecule has 1 aromatic heterocycles. The van der Waals surface area contributed by atoms with Gasteiger partial charge in [-0.15, -0.1) is 0 Å². The number of hydrogen-bond donors (Lipinski definition) is 0. The quantitative estimate of drug-likeness (QED) is 0.853. The number of rotatable bonds is 3. The zero-order chi connectivity index (χ0) is 13.9. The lowest BCUT2D eigenvalue weighted by Crippen LogP contribution is -2.38. The third kappa shape index (κ3) is 2.32. The molecule has 1 aliphatic rings. The molecule has 20 heavy (non-hydrogen) atoms. The first-order chi connectivity index (χ1) is 9.79. The van der Waals surface area contributed by atoms with Gasteiger partial charge in [0, 0.05) is 25.8 Å². The lowest BCUT2D eigenvalue weighted by molar-refractivity contribution is 0.0708. The number of ether oxygens (including phenoxy) is 1. The van der Waals surface area contributed by atoms with Gasteiger partial charge in [-0.25, -0.2) is 4.98 Å². The number of imidazole rings is 1. The first-order valence-corrected chi connectivity index (χ1v) is 6.65. The van der Waals surface area contributed by atoms with E-state index in [9.17, 15) is 4.79 Å². The summed E-state index contributed by atoms with van der Waals surface area (Å²) < 4.78 is 7.25. The number of nitrogens with zero attached hydrogens (tertiary/aromatic N) is 3. The Labute approximate surface area is 117 Å². The van der Waals surface area contributed by atoms with Gasteiger partial charge in [-0.1, -0.05) is 18.2 Å². The summed E-state index contributed by atoms with van der Waals surface area (Å²) in [4.78, 5) is 18.7. The summed E-state index contributed by atoms with van der Waals surface area (Å²) in [6.45, 7) is 2.57. The highest BCUT2D eigenvalue weighted by Crippen LogP contribution is 2.18. The second-order valence-electron chi connectivity index (χ2n) is 4.86. The molecule has 104 valence electrons. The van der Waals surface area contributed by atoms with E-state index >= 15 is 0 Å². The topological polar surface area (TPSA) is 47.4 Å². The molecule has 0 spiro atoms. The van der Waals surface area contributed by atoms with Crippen molar-refractivity contribution in [1.82, 2.24) is 14.5 Å². The number of carbonyl (C=O) groups excluding carboxylic acids is 1. The van der Waals surface area contributed by atoms with Crippen LogP contribution in [0.15, 0.2) is 36.7 Å². The molecule has 5 nitrogen and oxygen atoms in total. The van der Waals surface area contributed by atoms with Crippen molar-refractivity contribution >= 4 is 5.91 Å². The number of carbonyl (C=O) groups is 1. The van der Waals surface area contributed by atoms with Crippen molar-refractivity contribution in [3.63, 3.8) is 0 Å². The number of aromatic nitrogens is 2. The molecule has 1 aromatic carbocycles. The second-order valence-corrected chi connectivity index (χ2v) is 4.86. The zero-order valence-electron chi connectivity index (χ0n) is 11.5. The summed E-state index contributed by atoms with van der Waals surface area (Å²) in [5.74, 6) is 0.0708. The van der Waals surface area contributed by atoms with E-state index in [0.29, 0.717) is 19.7 Å². The minimum Gasteiger partial charge on any atom is -0.378 e. The smallest absolute Gasteiger partial charge is 0.254 e. The fourth-order valence-corrected chi connectivity index (χ4v) is 2.51. The van der Waals surface area contributed by atoms with Crippen LogP contribution in [0.1, 0.15) is 21.7 Å². The molecule has 5 heteroatoms. The monoisotopic (exact) mass is 271 g/mol. The van der Waals surface area contributed by atoms with E-state index in [0.717, 1.165) is 23.5 Å². The Bertz CT molecular complexity index is 607. The molecule has 1 amide bonds. The van der Waals surface area contributed by atoms with Crippen molar-refractivity contribution in [2.24, 2.45) is 0 Å². The molecule has 3 rings (SSSR count). The van der Waals surface area contributed by atoms with Gasteiger partial charge in [0.15, 0.2) is 0 Å². The van der Waals surface area contributed by atoms with Gasteiger partial charge in [0.2, 0.25) is 0 Å². The third-order valence-corrected chi connectivity index (χ3v) is 3.57. The maximum absolute atomic E-state index is 12.5. The molecule has 0 radical (unpaired) electrons. The fourth-order valence-electron chi connectivity index (χ4n) is 2.51. The molecule has 0 fully saturated rings. The average molecular weight is 271 g/mol. The Kier molecular flexibility index (Phi) is 3.52. The summed E-state index contributed by atoms with van der Waals surface area (Å²) in [6.07, 6.45) is 1.83. The molecule has 2 aromatic rings. The van der Waals surface area contributed by atoms with Crippen molar-refractivity contribution in [3.05, 3.63) is 53.6 Å². The number of methoxy groups -OCH3 is 1. The van der Waals surface area contributed by atoms with Crippen molar-refractivity contribution in [1.29, 1.82) is 0 Å². The highest BCUT2D eigenvalue weighted by molar-refractivity contribution is 5.94. The number of hydrogen-bond acceptors (Lipinski definition) is 3. The Morgan fingerprint density at radius 2 is 2.10 bits per heavy atom. The van der Waals surface area contributed by atoms with Gasteiger partial charge in [-0.05, 0) is 12.1 Å². The Morgan fingerprint density at radius 3 is 2.85 bits per heavy atom. The lowest BCUT2D eigenvalue weighted by atomic mass is 10.1. The van der Waals surface area contributed by atoms with Crippen molar-refractivity contribution in [2.45, 2.75) is 19.7 Å². The third-order valence-electron chi connectivity index (χ3n) is 3.57. The van der Waals surface area contributed by atoms with Gasteiger partial charge >= 0.3 is 0 Å². The molecular formula is C15H17N3O2. The molecule has 0 aliphatic carbocycles. The van der Waals surface area contributed by atoms with Crippen molar-refractivity contribution in [3.8, 4) is 0 Å². The van der Waals surface area contributed by atoms with Crippen LogP contribution >= 0.6 is 0 Å². The Hall–Kier alpha value is -2.14. The predicted octanol–water partition coefficient (Wildman–Crippen LogP) is 1.69. The fraction of sp³-hybridized carbons (Fsp3) is 0.333. The molecule has 0 atom stereocenters. The van der Waals surface area contributed by atoms with E-state index in [1.54, 1.807) is 7.11 Å². The maximum Gasteiger partial charge on any atom is 0.254 e. The molecular weight excluding hydrogens is 254 g/mol. The van der Waals surface area contributed by atoms with Gasteiger partial charge in [-0.2, -0.15) is 0 Å². The number of benzene rings is 1. The van der Waals surface area contributed by atoms with Crippen LogP contribution in [-0.2, 0) is 24.4 Å². The van der Waals surface area contributed by atoms with Crippen LogP contribution < -0.4 is 0 Å². The summed E-state index contributed by atoms with van der Waals surface area (Å²) in [5, 5.41) is 0. The summed E-state index contributed by atoms with van der Waals surface area (Å²) in [7, 11) is 1.65. The van der Waals surface area contributed by atoms with Crippen LogP contribution in [0, 0.1) is 0 Å². The molecule has 0 saturated heterocycles. The summed E-state index contributed by atoms with van der Waals surface area (Å²) in [5.41, 5.74) is 2.72. The highest BCUT2D eigenvalue weighted by atomic mass is 16.5. The van der Waals surface area contributed by atoms with Crippen LogP contribution in [-0.4, -0.2) is 34.0 Å². The highest BCUT2D eigenvalue weighted by Gasteiger charge is 2.24. The van der Waals surface area contributed by atoms with Crippen LogP contribution in [0.5, 0.6) is 0 Å². The van der Waals surface area contributed by atoms with Gasteiger partial charge in [0.1, 0.15) is 0 Å². The normalized spacial score (nSPS) is 14.2. The maximum atomic E-state index is 12.5. The van der Waals surface area contributed by atoms with E-state index in [2.05, 4.69) is 9.55 Å². The van der Waals surface area contributed by atoms with Crippen LogP contribution in [0.2, 0.25) is 0 Å². The molecule has 2 heterocycles. The first kappa shape index (κ1) is 12.9. The molecule has 0 saturated carbocycles. The zero-order valence-corrected chi connectivity index (χ0v) is 11.5. The van der Waals surface area contributed by atoms with Crippen LogP contribution in [0.4, 0.5) is 0 Å². The van der Waals surface area contributed by atoms with E-state index in [1.165, 1.54) is 0 Å². The number of fused-ring (bicyclic) bond motifs is 1. The van der Waals surface area contributed by atoms with Gasteiger partial charge in [0.25, 0.3) is 5.91 Å². The standard InChI is InChI=1S/C15H17N3O2/c1-20-10-13-14-9-17(7-8-18(14)11-16-13)15(19)12-5-3-2-4-6-12/h2-6,11H,7-10H2,1H3. The minimum absolute atomic E-state index is 0.0708. The van der Waals surface area contributed by atoms with E-state index in [1.807, 2.05) is 41.6 Å². The summed E-state index contributed by atoms with van der Waals surface area (Å²) >= 11 is 0. The van der Waals surface area contributed by atoms with Gasteiger partial charge in [0.05, 0.1) is 30.9 Å². The molecule has 0 N–H and O–H groups in total. The second kappa shape index (κ2) is 5.46.